The summed E-state index contributed by atoms with van der Waals surface area (Å²) in [6.45, 7) is 6.74. The maximum absolute atomic E-state index is 12.3. The number of nitrogens with one attached hydrogen (secondary N) is 1. The van der Waals surface area contributed by atoms with Crippen molar-refractivity contribution in [1.29, 1.82) is 0 Å². The molecule has 1 fully saturated rings. The van der Waals surface area contributed by atoms with Gasteiger partial charge in [-0.2, -0.15) is 0 Å². The van der Waals surface area contributed by atoms with Crippen LogP contribution in [0.1, 0.15) is 37.0 Å². The highest BCUT2D eigenvalue weighted by Gasteiger charge is 2.31. The van der Waals surface area contributed by atoms with E-state index in [1.54, 1.807) is 29.1 Å². The molecule has 6 nitrogen and oxygen atoms in total. The largest absolute Gasteiger partial charge is 0.381 e. The fourth-order valence-electron chi connectivity index (χ4n) is 3.00. The van der Waals surface area contributed by atoms with Gasteiger partial charge in [0.25, 0.3) is 5.91 Å². The van der Waals surface area contributed by atoms with Gasteiger partial charge in [-0.15, -0.1) is 10.2 Å². The minimum Gasteiger partial charge on any atom is -0.381 e. The molecule has 1 aliphatic rings. The highest BCUT2D eigenvalue weighted by molar-refractivity contribution is 5.94. The SMILES string of the molecule is CC(C)(CNC(=O)c1ccc2nncn2c1)C1CCOCC1. The minimum absolute atomic E-state index is 0.0595. The molecule has 1 N–H and O–H groups in total. The maximum Gasteiger partial charge on any atom is 0.252 e. The number of rotatable bonds is 4. The molecule has 6 heteroatoms. The molecule has 0 saturated carbocycles. The Hall–Kier alpha value is -1.95. The smallest absolute Gasteiger partial charge is 0.252 e. The van der Waals surface area contributed by atoms with Gasteiger partial charge in [0.2, 0.25) is 0 Å². The molecule has 0 radical (unpaired) electrons. The molecule has 22 heavy (non-hydrogen) atoms. The van der Waals surface area contributed by atoms with Gasteiger partial charge >= 0.3 is 0 Å². The van der Waals surface area contributed by atoms with Crippen LogP contribution in [-0.2, 0) is 4.74 Å². The number of hydrogen-bond donors (Lipinski definition) is 1. The molecule has 2 aromatic heterocycles. The topological polar surface area (TPSA) is 68.5 Å². The molecule has 1 saturated heterocycles. The van der Waals surface area contributed by atoms with Crippen LogP contribution in [0, 0.1) is 11.3 Å². The van der Waals surface area contributed by atoms with Crippen molar-refractivity contribution in [3.8, 4) is 0 Å². The first kappa shape index (κ1) is 15.0. The summed E-state index contributed by atoms with van der Waals surface area (Å²) in [6.07, 6.45) is 5.48. The second kappa shape index (κ2) is 6.04. The molecule has 0 aliphatic carbocycles. The van der Waals surface area contributed by atoms with Crippen molar-refractivity contribution in [3.63, 3.8) is 0 Å². The molecule has 1 aliphatic heterocycles. The van der Waals surface area contributed by atoms with E-state index < -0.39 is 0 Å². The standard InChI is InChI=1S/C16H22N4O2/c1-16(2,13-5-7-22-8-6-13)10-17-15(21)12-3-4-14-19-18-11-20(14)9-12/h3-4,9,11,13H,5-8,10H2,1-2H3,(H,17,21). The van der Waals surface area contributed by atoms with Crippen molar-refractivity contribution in [2.75, 3.05) is 19.8 Å². The number of amides is 1. The van der Waals surface area contributed by atoms with Crippen LogP contribution in [0.3, 0.4) is 0 Å². The number of hydrogen-bond acceptors (Lipinski definition) is 4. The van der Waals surface area contributed by atoms with Crippen LogP contribution in [0.4, 0.5) is 0 Å². The van der Waals surface area contributed by atoms with E-state index in [1.807, 2.05) is 0 Å². The summed E-state index contributed by atoms with van der Waals surface area (Å²) < 4.78 is 7.17. The molecule has 0 unspecified atom stereocenters. The van der Waals surface area contributed by atoms with Gasteiger partial charge in [0.15, 0.2) is 5.65 Å². The third-order valence-electron chi connectivity index (χ3n) is 4.58. The zero-order valence-corrected chi connectivity index (χ0v) is 13.1. The van der Waals surface area contributed by atoms with E-state index in [2.05, 4.69) is 29.4 Å². The van der Waals surface area contributed by atoms with E-state index >= 15 is 0 Å². The van der Waals surface area contributed by atoms with Crippen molar-refractivity contribution in [2.24, 2.45) is 11.3 Å². The van der Waals surface area contributed by atoms with Crippen molar-refractivity contribution < 1.29 is 9.53 Å². The predicted molar refractivity (Wildman–Crippen MR) is 82.6 cm³/mol. The molecule has 2 aromatic rings. The number of fused-ring (bicyclic) bond motifs is 1. The average Bonchev–Trinajstić information content (AvgIpc) is 3.01. The number of nitrogens with zero attached hydrogens (tertiary/aromatic N) is 3. The van der Waals surface area contributed by atoms with Crippen LogP contribution in [0.15, 0.2) is 24.7 Å². The van der Waals surface area contributed by atoms with Crippen LogP contribution in [0.5, 0.6) is 0 Å². The number of carbonyl (C=O) groups excluding carboxylic acids is 1. The Morgan fingerprint density at radius 3 is 2.95 bits per heavy atom. The van der Waals surface area contributed by atoms with Crippen LogP contribution in [-0.4, -0.2) is 40.3 Å². The van der Waals surface area contributed by atoms with Gasteiger partial charge in [-0.25, -0.2) is 0 Å². The van der Waals surface area contributed by atoms with Gasteiger partial charge < -0.3 is 10.1 Å². The molecule has 3 rings (SSSR count). The summed E-state index contributed by atoms with van der Waals surface area (Å²) in [6, 6.07) is 3.58. The first-order valence-corrected chi connectivity index (χ1v) is 7.71. The summed E-state index contributed by atoms with van der Waals surface area (Å²) in [5.41, 5.74) is 1.43. The normalized spacial score (nSPS) is 16.8. The van der Waals surface area contributed by atoms with Gasteiger partial charge in [-0.3, -0.25) is 9.20 Å². The van der Waals surface area contributed by atoms with Crippen molar-refractivity contribution >= 4 is 11.6 Å². The fraction of sp³-hybridized carbons (Fsp3) is 0.562. The predicted octanol–water partition coefficient (Wildman–Crippen LogP) is 1.91. The lowest BCUT2D eigenvalue weighted by atomic mass is 9.74. The monoisotopic (exact) mass is 302 g/mol. The maximum atomic E-state index is 12.3. The third-order valence-corrected chi connectivity index (χ3v) is 4.58. The first-order valence-electron chi connectivity index (χ1n) is 7.71. The summed E-state index contributed by atoms with van der Waals surface area (Å²) in [7, 11) is 0. The molecule has 3 heterocycles. The number of pyridine rings is 1. The Morgan fingerprint density at radius 2 is 2.18 bits per heavy atom. The van der Waals surface area contributed by atoms with Crippen LogP contribution >= 0.6 is 0 Å². The summed E-state index contributed by atoms with van der Waals surface area (Å²) in [4.78, 5) is 12.3. The Morgan fingerprint density at radius 1 is 1.41 bits per heavy atom. The summed E-state index contributed by atoms with van der Waals surface area (Å²) >= 11 is 0. The van der Waals surface area contributed by atoms with Gasteiger partial charge in [0.1, 0.15) is 6.33 Å². The Balaban J connectivity index is 1.63. The zero-order chi connectivity index (χ0) is 15.6. The number of ether oxygens (including phenoxy) is 1. The lowest BCUT2D eigenvalue weighted by molar-refractivity contribution is 0.0228. The van der Waals surface area contributed by atoms with Gasteiger partial charge in [0, 0.05) is 26.0 Å². The number of carbonyl (C=O) groups is 1. The molecule has 0 bridgehead atoms. The van der Waals surface area contributed by atoms with Crippen molar-refractivity contribution in [2.45, 2.75) is 26.7 Å². The summed E-state index contributed by atoms with van der Waals surface area (Å²) in [5, 5.41) is 10.8. The van der Waals surface area contributed by atoms with Crippen LogP contribution in [0.25, 0.3) is 5.65 Å². The highest BCUT2D eigenvalue weighted by Crippen LogP contribution is 2.33. The van der Waals surface area contributed by atoms with E-state index in [1.165, 1.54) is 0 Å². The highest BCUT2D eigenvalue weighted by atomic mass is 16.5. The van der Waals surface area contributed by atoms with Crippen LogP contribution in [0.2, 0.25) is 0 Å². The molecule has 118 valence electrons. The van der Waals surface area contributed by atoms with Crippen molar-refractivity contribution in [3.05, 3.63) is 30.2 Å². The third kappa shape index (κ3) is 3.11. The van der Waals surface area contributed by atoms with E-state index in [9.17, 15) is 4.79 Å². The molecule has 0 aromatic carbocycles. The van der Waals surface area contributed by atoms with E-state index in [0.29, 0.717) is 18.0 Å². The van der Waals surface area contributed by atoms with Gasteiger partial charge in [-0.05, 0) is 36.3 Å². The lowest BCUT2D eigenvalue weighted by Gasteiger charge is -2.37. The quantitative estimate of drug-likeness (QED) is 0.937. The molecule has 0 spiro atoms. The van der Waals surface area contributed by atoms with E-state index in [-0.39, 0.29) is 11.3 Å². The number of aromatic nitrogens is 3. The van der Waals surface area contributed by atoms with E-state index in [0.717, 1.165) is 31.7 Å². The Kier molecular flexibility index (Phi) is 4.11. The second-order valence-corrected chi connectivity index (χ2v) is 6.57. The fourth-order valence-corrected chi connectivity index (χ4v) is 3.00. The summed E-state index contributed by atoms with van der Waals surface area (Å²) in [5.74, 6) is 0.526. The Labute approximate surface area is 129 Å². The molecular formula is C16H22N4O2. The average molecular weight is 302 g/mol. The van der Waals surface area contributed by atoms with Crippen molar-refractivity contribution in [1.82, 2.24) is 19.9 Å². The van der Waals surface area contributed by atoms with Gasteiger partial charge in [-0.1, -0.05) is 13.8 Å². The molecule has 0 atom stereocenters. The Bertz CT molecular complexity index is 659. The molecule has 1 amide bonds. The zero-order valence-electron chi connectivity index (χ0n) is 13.1. The second-order valence-electron chi connectivity index (χ2n) is 6.57. The van der Waals surface area contributed by atoms with E-state index in [4.69, 9.17) is 4.74 Å². The minimum atomic E-state index is -0.0595. The van der Waals surface area contributed by atoms with Gasteiger partial charge in [0.05, 0.1) is 5.56 Å². The lowest BCUT2D eigenvalue weighted by Crippen LogP contribution is -2.40. The first-order chi connectivity index (χ1) is 10.6. The molecular weight excluding hydrogens is 280 g/mol. The van der Waals surface area contributed by atoms with Crippen LogP contribution < -0.4 is 5.32 Å².